The minimum absolute atomic E-state index is 0.0842. The Bertz CT molecular complexity index is 495. The van der Waals surface area contributed by atoms with E-state index in [-0.39, 0.29) is 17.5 Å². The minimum Gasteiger partial charge on any atom is -0.358 e. The molecule has 1 aromatic carbocycles. The van der Waals surface area contributed by atoms with E-state index in [2.05, 4.69) is 5.32 Å². The van der Waals surface area contributed by atoms with Crippen molar-refractivity contribution < 1.29 is 9.18 Å². The molecule has 1 atom stereocenters. The average Bonchev–Trinajstić information content (AvgIpc) is 2.31. The lowest BCUT2D eigenvalue weighted by molar-refractivity contribution is -0.122. The lowest BCUT2D eigenvalue weighted by Crippen LogP contribution is -2.54. The molecule has 88 valence electrons. The molecule has 1 N–H and O–H groups in total. The fourth-order valence-electron chi connectivity index (χ4n) is 1.94. The zero-order valence-corrected chi connectivity index (χ0v) is 9.40. The number of nitrogens with one attached hydrogen (secondary N) is 1. The van der Waals surface area contributed by atoms with Crippen molar-refractivity contribution in [2.75, 3.05) is 18.0 Å². The van der Waals surface area contributed by atoms with E-state index in [1.54, 1.807) is 17.9 Å². The molecule has 5 heteroatoms. The van der Waals surface area contributed by atoms with Crippen LogP contribution in [0.3, 0.4) is 0 Å². The highest BCUT2D eigenvalue weighted by molar-refractivity contribution is 5.86. The van der Waals surface area contributed by atoms with Gasteiger partial charge in [-0.2, -0.15) is 5.26 Å². The number of hydrogen-bond acceptors (Lipinski definition) is 3. The van der Waals surface area contributed by atoms with E-state index >= 15 is 0 Å². The maximum Gasteiger partial charge on any atom is 0.242 e. The van der Waals surface area contributed by atoms with E-state index < -0.39 is 5.82 Å². The average molecular weight is 233 g/mol. The van der Waals surface area contributed by atoms with Crippen LogP contribution in [-0.4, -0.2) is 25.0 Å². The summed E-state index contributed by atoms with van der Waals surface area (Å²) in [6.45, 7) is 2.90. The van der Waals surface area contributed by atoms with Gasteiger partial charge in [0.1, 0.15) is 11.9 Å². The van der Waals surface area contributed by atoms with Gasteiger partial charge in [-0.1, -0.05) is 0 Å². The van der Waals surface area contributed by atoms with E-state index in [1.165, 1.54) is 12.1 Å². The maximum absolute atomic E-state index is 13.3. The molecule has 1 aliphatic heterocycles. The Kier molecular flexibility index (Phi) is 2.96. The number of piperazine rings is 1. The van der Waals surface area contributed by atoms with E-state index in [4.69, 9.17) is 5.26 Å². The number of amides is 1. The molecule has 1 unspecified atom stereocenters. The van der Waals surface area contributed by atoms with Crippen LogP contribution in [0.15, 0.2) is 18.2 Å². The van der Waals surface area contributed by atoms with Crippen molar-refractivity contribution in [2.24, 2.45) is 0 Å². The first-order valence-electron chi connectivity index (χ1n) is 5.37. The Morgan fingerprint density at radius 2 is 2.29 bits per heavy atom. The summed E-state index contributed by atoms with van der Waals surface area (Å²) < 4.78 is 13.3. The predicted molar refractivity (Wildman–Crippen MR) is 60.9 cm³/mol. The summed E-state index contributed by atoms with van der Waals surface area (Å²) in [6, 6.07) is 5.67. The Morgan fingerprint density at radius 3 is 3.00 bits per heavy atom. The molecule has 0 aliphatic carbocycles. The number of halogens is 1. The molecule has 0 radical (unpaired) electrons. The number of nitrogens with zero attached hydrogens (tertiary/aromatic N) is 2. The van der Waals surface area contributed by atoms with Crippen LogP contribution in [0.25, 0.3) is 0 Å². The summed E-state index contributed by atoms with van der Waals surface area (Å²) in [5.41, 5.74) is 0.835. The molecule has 1 heterocycles. The van der Waals surface area contributed by atoms with Crippen molar-refractivity contribution >= 4 is 11.6 Å². The molecular formula is C12H12FN3O. The van der Waals surface area contributed by atoms with Crippen LogP contribution >= 0.6 is 0 Å². The van der Waals surface area contributed by atoms with Gasteiger partial charge in [-0.05, 0) is 25.1 Å². The van der Waals surface area contributed by atoms with Crippen LogP contribution in [0.2, 0.25) is 0 Å². The highest BCUT2D eigenvalue weighted by atomic mass is 19.1. The van der Waals surface area contributed by atoms with E-state index in [0.717, 1.165) is 0 Å². The Hall–Kier alpha value is -2.09. The molecule has 1 aromatic rings. The van der Waals surface area contributed by atoms with Gasteiger partial charge in [-0.15, -0.1) is 0 Å². The van der Waals surface area contributed by atoms with Gasteiger partial charge in [-0.3, -0.25) is 4.79 Å². The normalized spacial score (nSPS) is 19.7. The van der Waals surface area contributed by atoms with Crippen molar-refractivity contribution in [1.29, 1.82) is 5.26 Å². The first-order chi connectivity index (χ1) is 8.11. The zero-order chi connectivity index (χ0) is 12.4. The topological polar surface area (TPSA) is 56.1 Å². The molecule has 0 spiro atoms. The van der Waals surface area contributed by atoms with Gasteiger partial charge < -0.3 is 10.2 Å². The second-order valence-electron chi connectivity index (χ2n) is 3.97. The van der Waals surface area contributed by atoms with Crippen molar-refractivity contribution in [3.8, 4) is 6.07 Å². The molecular weight excluding hydrogens is 221 g/mol. The standard InChI is InChI=1S/C12H12FN3O/c1-8-12(17)15-2-3-16(8)11-5-9(7-14)4-10(13)6-11/h4-6,8H,2-3H2,1H3,(H,15,17). The number of nitriles is 1. The number of anilines is 1. The van der Waals surface area contributed by atoms with Crippen molar-refractivity contribution in [2.45, 2.75) is 13.0 Å². The van der Waals surface area contributed by atoms with Gasteiger partial charge in [0.25, 0.3) is 0 Å². The molecule has 1 fully saturated rings. The molecule has 4 nitrogen and oxygen atoms in total. The van der Waals surface area contributed by atoms with Gasteiger partial charge in [0, 0.05) is 18.8 Å². The zero-order valence-electron chi connectivity index (χ0n) is 9.40. The smallest absolute Gasteiger partial charge is 0.242 e. The van der Waals surface area contributed by atoms with Crippen molar-refractivity contribution in [3.05, 3.63) is 29.6 Å². The fraction of sp³-hybridized carbons (Fsp3) is 0.333. The number of rotatable bonds is 1. The first kappa shape index (κ1) is 11.4. The lowest BCUT2D eigenvalue weighted by atomic mass is 10.1. The van der Waals surface area contributed by atoms with Crippen LogP contribution in [0.4, 0.5) is 10.1 Å². The van der Waals surface area contributed by atoms with Crippen LogP contribution in [0.5, 0.6) is 0 Å². The molecule has 0 bridgehead atoms. The summed E-state index contributed by atoms with van der Waals surface area (Å²) in [7, 11) is 0. The first-order valence-corrected chi connectivity index (χ1v) is 5.37. The second-order valence-corrected chi connectivity index (χ2v) is 3.97. The van der Waals surface area contributed by atoms with E-state index in [0.29, 0.717) is 18.8 Å². The summed E-state index contributed by atoms with van der Waals surface area (Å²) >= 11 is 0. The number of benzene rings is 1. The molecule has 0 aromatic heterocycles. The molecule has 1 saturated heterocycles. The Balaban J connectivity index is 2.36. The van der Waals surface area contributed by atoms with Gasteiger partial charge in [-0.25, -0.2) is 4.39 Å². The summed E-state index contributed by atoms with van der Waals surface area (Å²) in [5, 5.41) is 11.5. The molecule has 2 rings (SSSR count). The highest BCUT2D eigenvalue weighted by Crippen LogP contribution is 2.21. The van der Waals surface area contributed by atoms with Gasteiger partial charge in [0.05, 0.1) is 11.6 Å². The van der Waals surface area contributed by atoms with Crippen molar-refractivity contribution in [3.63, 3.8) is 0 Å². The minimum atomic E-state index is -0.461. The van der Waals surface area contributed by atoms with Crippen molar-refractivity contribution in [1.82, 2.24) is 5.32 Å². The third kappa shape index (κ3) is 2.21. The SMILES string of the molecule is CC1C(=O)NCCN1c1cc(F)cc(C#N)c1. The van der Waals surface area contributed by atoms with E-state index in [1.807, 2.05) is 6.07 Å². The molecule has 1 aliphatic rings. The third-order valence-corrected chi connectivity index (χ3v) is 2.84. The monoisotopic (exact) mass is 233 g/mol. The summed E-state index contributed by atoms with van der Waals surface area (Å²) in [4.78, 5) is 13.3. The molecule has 17 heavy (non-hydrogen) atoms. The molecule has 1 amide bonds. The van der Waals surface area contributed by atoms with Crippen LogP contribution in [-0.2, 0) is 4.79 Å². The molecule has 0 saturated carbocycles. The lowest BCUT2D eigenvalue weighted by Gasteiger charge is -2.34. The quantitative estimate of drug-likeness (QED) is 0.788. The Morgan fingerprint density at radius 1 is 1.53 bits per heavy atom. The number of carbonyl (C=O) groups excluding carboxylic acids is 1. The number of hydrogen-bond donors (Lipinski definition) is 1. The largest absolute Gasteiger partial charge is 0.358 e. The summed E-state index contributed by atoms with van der Waals surface area (Å²) in [5.74, 6) is -0.545. The number of carbonyl (C=O) groups is 1. The van der Waals surface area contributed by atoms with Crippen LogP contribution < -0.4 is 10.2 Å². The van der Waals surface area contributed by atoms with Crippen LogP contribution in [0.1, 0.15) is 12.5 Å². The predicted octanol–water partition coefficient (Wildman–Crippen LogP) is 1.02. The Labute approximate surface area is 98.6 Å². The maximum atomic E-state index is 13.3. The van der Waals surface area contributed by atoms with Gasteiger partial charge >= 0.3 is 0 Å². The second kappa shape index (κ2) is 4.42. The summed E-state index contributed by atoms with van der Waals surface area (Å²) in [6.07, 6.45) is 0. The highest BCUT2D eigenvalue weighted by Gasteiger charge is 2.25. The van der Waals surface area contributed by atoms with Crippen LogP contribution in [0, 0.1) is 17.1 Å². The third-order valence-electron chi connectivity index (χ3n) is 2.84. The van der Waals surface area contributed by atoms with Gasteiger partial charge in [0.15, 0.2) is 0 Å². The van der Waals surface area contributed by atoms with Gasteiger partial charge in [0.2, 0.25) is 5.91 Å². The van der Waals surface area contributed by atoms with E-state index in [9.17, 15) is 9.18 Å². The fourth-order valence-corrected chi connectivity index (χ4v) is 1.94.